The first-order valence-electron chi connectivity index (χ1n) is 4.75. The van der Waals surface area contributed by atoms with Crippen LogP contribution in [0.25, 0.3) is 0 Å². The molecule has 1 rings (SSSR count). The van der Waals surface area contributed by atoms with Crippen LogP contribution in [0.15, 0.2) is 18.2 Å². The normalized spacial score (nSPS) is 13.2. The van der Waals surface area contributed by atoms with E-state index in [1.54, 1.807) is 0 Å². The zero-order valence-corrected chi connectivity index (χ0v) is 8.67. The fourth-order valence-electron chi connectivity index (χ4n) is 1.53. The Morgan fingerprint density at radius 1 is 1.15 bits per heavy atom. The minimum atomic E-state index is 0.263. The maximum atomic E-state index is 6.05. The summed E-state index contributed by atoms with van der Waals surface area (Å²) < 4.78 is 0. The SMILES string of the molecule is [CH2+]C(C)c1cccc(C(C)C)c1N. The third kappa shape index (κ3) is 1.97. The van der Waals surface area contributed by atoms with Gasteiger partial charge in [-0.05, 0) is 18.4 Å². The summed E-state index contributed by atoms with van der Waals surface area (Å²) in [4.78, 5) is 0. The molecule has 0 amide bonds. The van der Waals surface area contributed by atoms with Crippen LogP contribution in [0.1, 0.15) is 43.7 Å². The molecule has 1 nitrogen and oxygen atoms in total. The van der Waals surface area contributed by atoms with Crippen LogP contribution in [0.4, 0.5) is 5.69 Å². The van der Waals surface area contributed by atoms with Crippen molar-refractivity contribution in [2.45, 2.75) is 32.6 Å². The van der Waals surface area contributed by atoms with E-state index in [2.05, 4.69) is 45.9 Å². The number of anilines is 1. The molecule has 0 radical (unpaired) electrons. The first-order valence-corrected chi connectivity index (χ1v) is 4.75. The largest absolute Gasteiger partial charge is 0.398 e. The summed E-state index contributed by atoms with van der Waals surface area (Å²) in [7, 11) is 0. The molecular formula is C12H18N+. The van der Waals surface area contributed by atoms with Crippen molar-refractivity contribution < 1.29 is 0 Å². The van der Waals surface area contributed by atoms with Crippen LogP contribution in [-0.4, -0.2) is 0 Å². The van der Waals surface area contributed by atoms with Gasteiger partial charge in [0.25, 0.3) is 0 Å². The minimum absolute atomic E-state index is 0.263. The summed E-state index contributed by atoms with van der Waals surface area (Å²) in [6, 6.07) is 6.20. The van der Waals surface area contributed by atoms with Crippen molar-refractivity contribution in [3.05, 3.63) is 36.2 Å². The van der Waals surface area contributed by atoms with Gasteiger partial charge in [0.05, 0.1) is 6.92 Å². The van der Waals surface area contributed by atoms with Crippen molar-refractivity contribution in [3.63, 3.8) is 0 Å². The number of hydrogen-bond acceptors (Lipinski definition) is 1. The fourth-order valence-corrected chi connectivity index (χ4v) is 1.53. The first-order chi connectivity index (χ1) is 6.04. The molecule has 0 heterocycles. The van der Waals surface area contributed by atoms with E-state index in [-0.39, 0.29) is 5.92 Å². The standard InChI is InChI=1S/C12H18N/c1-8(2)10-6-5-7-11(9(3)4)12(10)13/h5-9H,1,13H2,2-4H3/q+1. The van der Waals surface area contributed by atoms with Crippen molar-refractivity contribution in [1.82, 2.24) is 0 Å². The van der Waals surface area contributed by atoms with E-state index in [1.165, 1.54) is 5.56 Å². The lowest BCUT2D eigenvalue weighted by Gasteiger charge is -2.13. The Kier molecular flexibility index (Phi) is 2.86. The van der Waals surface area contributed by atoms with Crippen LogP contribution in [0, 0.1) is 6.92 Å². The summed E-state index contributed by atoms with van der Waals surface area (Å²) in [6.07, 6.45) is 0. The Bertz CT molecular complexity index is 261. The molecule has 1 heteroatoms. The Morgan fingerprint density at radius 2 is 1.69 bits per heavy atom. The number of hydrogen-bond donors (Lipinski definition) is 1. The third-order valence-electron chi connectivity index (χ3n) is 2.33. The van der Waals surface area contributed by atoms with E-state index >= 15 is 0 Å². The Morgan fingerprint density at radius 3 is 2.15 bits per heavy atom. The monoisotopic (exact) mass is 176 g/mol. The molecule has 1 atom stereocenters. The topological polar surface area (TPSA) is 26.0 Å². The molecule has 0 aliphatic rings. The maximum absolute atomic E-state index is 6.05. The quantitative estimate of drug-likeness (QED) is 0.543. The second-order valence-electron chi connectivity index (χ2n) is 3.91. The molecule has 0 spiro atoms. The van der Waals surface area contributed by atoms with E-state index in [0.29, 0.717) is 5.92 Å². The zero-order chi connectivity index (χ0) is 10.0. The highest BCUT2D eigenvalue weighted by Gasteiger charge is 2.13. The maximum Gasteiger partial charge on any atom is 0.119 e. The second-order valence-corrected chi connectivity index (χ2v) is 3.91. The van der Waals surface area contributed by atoms with Gasteiger partial charge in [0.1, 0.15) is 5.92 Å². The van der Waals surface area contributed by atoms with E-state index in [9.17, 15) is 0 Å². The summed E-state index contributed by atoms with van der Waals surface area (Å²) in [6.45, 7) is 10.4. The van der Waals surface area contributed by atoms with Crippen LogP contribution >= 0.6 is 0 Å². The zero-order valence-electron chi connectivity index (χ0n) is 8.67. The van der Waals surface area contributed by atoms with Crippen LogP contribution in [-0.2, 0) is 0 Å². The second kappa shape index (κ2) is 3.73. The average molecular weight is 176 g/mol. The Hall–Kier alpha value is -1.11. The predicted molar refractivity (Wildman–Crippen MR) is 58.7 cm³/mol. The van der Waals surface area contributed by atoms with Gasteiger partial charge < -0.3 is 5.73 Å². The lowest BCUT2D eigenvalue weighted by atomic mass is 9.93. The molecule has 0 aromatic heterocycles. The van der Waals surface area contributed by atoms with E-state index in [1.807, 2.05) is 0 Å². The molecule has 0 aliphatic carbocycles. The van der Waals surface area contributed by atoms with Gasteiger partial charge in [0, 0.05) is 11.3 Å². The van der Waals surface area contributed by atoms with Crippen molar-refractivity contribution in [2.24, 2.45) is 0 Å². The smallest absolute Gasteiger partial charge is 0.119 e. The molecule has 0 saturated heterocycles. The molecule has 70 valence electrons. The molecule has 0 aliphatic heterocycles. The van der Waals surface area contributed by atoms with Crippen LogP contribution in [0.2, 0.25) is 0 Å². The van der Waals surface area contributed by atoms with E-state index < -0.39 is 0 Å². The molecule has 0 bridgehead atoms. The fraction of sp³-hybridized carbons (Fsp3) is 0.417. The van der Waals surface area contributed by atoms with Crippen LogP contribution in [0.3, 0.4) is 0 Å². The van der Waals surface area contributed by atoms with Gasteiger partial charge in [-0.1, -0.05) is 32.0 Å². The van der Waals surface area contributed by atoms with Gasteiger partial charge in [-0.3, -0.25) is 0 Å². The summed E-state index contributed by atoms with van der Waals surface area (Å²) in [5.74, 6) is 0.748. The summed E-state index contributed by atoms with van der Waals surface area (Å²) in [5.41, 5.74) is 9.35. The predicted octanol–water partition coefficient (Wildman–Crippen LogP) is 3.33. The molecule has 0 saturated carbocycles. The van der Waals surface area contributed by atoms with Gasteiger partial charge in [-0.25, -0.2) is 0 Å². The highest BCUT2D eigenvalue weighted by Crippen LogP contribution is 2.29. The molecular weight excluding hydrogens is 158 g/mol. The van der Waals surface area contributed by atoms with Gasteiger partial charge >= 0.3 is 0 Å². The van der Waals surface area contributed by atoms with Crippen molar-refractivity contribution in [3.8, 4) is 0 Å². The van der Waals surface area contributed by atoms with Crippen LogP contribution in [0.5, 0.6) is 0 Å². The summed E-state index contributed by atoms with van der Waals surface area (Å²) in [5, 5.41) is 0. The lowest BCUT2D eigenvalue weighted by Crippen LogP contribution is -2.02. The number of nitrogens with two attached hydrogens (primary N) is 1. The number of benzene rings is 1. The lowest BCUT2D eigenvalue weighted by molar-refractivity contribution is 0.860. The number of para-hydroxylation sites is 1. The number of nitrogen functional groups attached to an aromatic ring is 1. The van der Waals surface area contributed by atoms with Crippen molar-refractivity contribution in [1.29, 1.82) is 0 Å². The average Bonchev–Trinajstić information content (AvgIpc) is 2.03. The molecule has 0 fully saturated rings. The molecule has 1 aromatic carbocycles. The van der Waals surface area contributed by atoms with Gasteiger partial charge in [-0.2, -0.15) is 0 Å². The number of rotatable bonds is 2. The molecule has 1 aromatic rings. The first kappa shape index (κ1) is 9.97. The van der Waals surface area contributed by atoms with Crippen molar-refractivity contribution in [2.75, 3.05) is 5.73 Å². The van der Waals surface area contributed by atoms with E-state index in [0.717, 1.165) is 11.3 Å². The van der Waals surface area contributed by atoms with Gasteiger partial charge in [0.15, 0.2) is 0 Å². The summed E-state index contributed by atoms with van der Waals surface area (Å²) >= 11 is 0. The Labute approximate surface area is 81.0 Å². The van der Waals surface area contributed by atoms with E-state index in [4.69, 9.17) is 5.73 Å². The molecule has 13 heavy (non-hydrogen) atoms. The third-order valence-corrected chi connectivity index (χ3v) is 2.33. The molecule has 1 unspecified atom stereocenters. The van der Waals surface area contributed by atoms with Gasteiger partial charge in [0.2, 0.25) is 0 Å². The van der Waals surface area contributed by atoms with Crippen molar-refractivity contribution >= 4 is 5.69 Å². The highest BCUT2D eigenvalue weighted by atomic mass is 14.6. The highest BCUT2D eigenvalue weighted by molar-refractivity contribution is 5.56. The minimum Gasteiger partial charge on any atom is -0.398 e. The Balaban J connectivity index is 3.18. The van der Waals surface area contributed by atoms with Gasteiger partial charge in [-0.15, -0.1) is 0 Å². The molecule has 2 N–H and O–H groups in total. The van der Waals surface area contributed by atoms with Crippen LogP contribution < -0.4 is 5.73 Å².